The second-order valence-corrected chi connectivity index (χ2v) is 7.11. The summed E-state index contributed by atoms with van der Waals surface area (Å²) in [6.07, 6.45) is 4.16. The highest BCUT2D eigenvalue weighted by Crippen LogP contribution is 2.34. The van der Waals surface area contributed by atoms with Gasteiger partial charge in [0.05, 0.1) is 12.0 Å². The van der Waals surface area contributed by atoms with E-state index in [1.807, 2.05) is 42.5 Å². The van der Waals surface area contributed by atoms with Crippen LogP contribution in [0.3, 0.4) is 0 Å². The number of alkyl carbamates (subject to hydrolysis) is 1. The number of aromatic nitrogens is 1. The summed E-state index contributed by atoms with van der Waals surface area (Å²) in [6, 6.07) is 13.4. The largest absolute Gasteiger partial charge is 0.466 e. The highest BCUT2D eigenvalue weighted by atomic mass is 16.5. The summed E-state index contributed by atoms with van der Waals surface area (Å²) in [4.78, 5) is 31.1. The van der Waals surface area contributed by atoms with Gasteiger partial charge in [0.25, 0.3) is 0 Å². The predicted octanol–water partition coefficient (Wildman–Crippen LogP) is 3.16. The monoisotopic (exact) mass is 397 g/mol. The van der Waals surface area contributed by atoms with E-state index >= 15 is 0 Å². The Hall–Kier alpha value is -3.09. The number of pyridine rings is 1. The van der Waals surface area contributed by atoms with E-state index in [0.29, 0.717) is 32.5 Å². The Morgan fingerprint density at radius 1 is 1.07 bits per heavy atom. The third-order valence-corrected chi connectivity index (χ3v) is 5.24. The van der Waals surface area contributed by atoms with Crippen molar-refractivity contribution in [2.45, 2.75) is 26.4 Å². The second-order valence-electron chi connectivity index (χ2n) is 7.11. The fourth-order valence-corrected chi connectivity index (χ4v) is 3.50. The summed E-state index contributed by atoms with van der Waals surface area (Å²) < 4.78 is 10.6. The molecule has 1 saturated heterocycles. The van der Waals surface area contributed by atoms with Crippen molar-refractivity contribution in [3.8, 4) is 0 Å². The SMILES string of the molecule is CCOC(=O)C1(CNC(=O)OCc2ccccc2)CCN(c2ccncc2)CC1. The minimum absolute atomic E-state index is 0.189. The zero-order chi connectivity index (χ0) is 20.5. The van der Waals surface area contributed by atoms with Gasteiger partial charge in [-0.25, -0.2) is 4.79 Å². The van der Waals surface area contributed by atoms with E-state index in [0.717, 1.165) is 11.3 Å². The van der Waals surface area contributed by atoms with Crippen molar-refractivity contribution in [1.29, 1.82) is 0 Å². The van der Waals surface area contributed by atoms with Crippen LogP contribution in [0.25, 0.3) is 0 Å². The first kappa shape index (κ1) is 20.6. The molecule has 1 aromatic heterocycles. The number of esters is 1. The number of anilines is 1. The van der Waals surface area contributed by atoms with Crippen molar-refractivity contribution < 1.29 is 19.1 Å². The van der Waals surface area contributed by atoms with Gasteiger partial charge in [-0.15, -0.1) is 0 Å². The molecule has 154 valence electrons. The fraction of sp³-hybridized carbons (Fsp3) is 0.409. The van der Waals surface area contributed by atoms with Gasteiger partial charge in [0.2, 0.25) is 0 Å². The second kappa shape index (κ2) is 9.91. The number of hydrogen-bond acceptors (Lipinski definition) is 6. The lowest BCUT2D eigenvalue weighted by Gasteiger charge is -2.40. The van der Waals surface area contributed by atoms with Crippen LogP contribution in [0.2, 0.25) is 0 Å². The molecule has 1 fully saturated rings. The molecule has 1 amide bonds. The molecule has 1 aliphatic heterocycles. The van der Waals surface area contributed by atoms with E-state index < -0.39 is 11.5 Å². The van der Waals surface area contributed by atoms with Gasteiger partial charge in [-0.05, 0) is 37.5 Å². The lowest BCUT2D eigenvalue weighted by molar-refractivity contribution is -0.156. The minimum Gasteiger partial charge on any atom is -0.466 e. The summed E-state index contributed by atoms with van der Waals surface area (Å²) in [6.45, 7) is 3.89. The van der Waals surface area contributed by atoms with Crippen molar-refractivity contribution >= 4 is 17.7 Å². The summed E-state index contributed by atoms with van der Waals surface area (Å²) in [5.41, 5.74) is 1.24. The number of amides is 1. The Labute approximate surface area is 171 Å². The van der Waals surface area contributed by atoms with Gasteiger partial charge in [0.1, 0.15) is 6.61 Å². The lowest BCUT2D eigenvalue weighted by atomic mass is 9.78. The van der Waals surface area contributed by atoms with Gasteiger partial charge in [-0.2, -0.15) is 0 Å². The summed E-state index contributed by atoms with van der Waals surface area (Å²) in [5.74, 6) is -0.266. The Morgan fingerprint density at radius 3 is 2.41 bits per heavy atom. The van der Waals surface area contributed by atoms with Crippen LogP contribution in [-0.4, -0.2) is 43.3 Å². The smallest absolute Gasteiger partial charge is 0.407 e. The lowest BCUT2D eigenvalue weighted by Crippen LogP contribution is -2.51. The molecule has 3 rings (SSSR count). The number of carbonyl (C=O) groups excluding carboxylic acids is 2. The van der Waals surface area contributed by atoms with Crippen LogP contribution >= 0.6 is 0 Å². The molecule has 1 N–H and O–H groups in total. The highest BCUT2D eigenvalue weighted by Gasteiger charge is 2.43. The fourth-order valence-electron chi connectivity index (χ4n) is 3.50. The van der Waals surface area contributed by atoms with E-state index in [4.69, 9.17) is 9.47 Å². The molecule has 0 saturated carbocycles. The molecule has 0 spiro atoms. The average molecular weight is 397 g/mol. The Kier molecular flexibility index (Phi) is 7.05. The first-order valence-electron chi connectivity index (χ1n) is 9.90. The molecule has 0 unspecified atom stereocenters. The van der Waals surface area contributed by atoms with Crippen molar-refractivity contribution in [2.75, 3.05) is 31.1 Å². The quantitative estimate of drug-likeness (QED) is 0.723. The maximum Gasteiger partial charge on any atom is 0.407 e. The van der Waals surface area contributed by atoms with Crippen LogP contribution in [0.1, 0.15) is 25.3 Å². The van der Waals surface area contributed by atoms with Crippen molar-refractivity contribution in [3.63, 3.8) is 0 Å². The topological polar surface area (TPSA) is 80.8 Å². The van der Waals surface area contributed by atoms with Crippen LogP contribution in [0.15, 0.2) is 54.9 Å². The number of nitrogens with one attached hydrogen (secondary N) is 1. The van der Waals surface area contributed by atoms with Gasteiger partial charge in [-0.3, -0.25) is 9.78 Å². The molecule has 1 aliphatic rings. The Morgan fingerprint density at radius 2 is 1.76 bits per heavy atom. The molecule has 29 heavy (non-hydrogen) atoms. The third-order valence-electron chi connectivity index (χ3n) is 5.24. The summed E-state index contributed by atoms with van der Waals surface area (Å²) >= 11 is 0. The summed E-state index contributed by atoms with van der Waals surface area (Å²) in [5, 5.41) is 2.77. The molecule has 1 aromatic carbocycles. The molecule has 0 atom stereocenters. The van der Waals surface area contributed by atoms with Crippen molar-refractivity contribution in [1.82, 2.24) is 10.3 Å². The molecule has 2 heterocycles. The highest BCUT2D eigenvalue weighted by molar-refractivity contribution is 5.79. The van der Waals surface area contributed by atoms with Crippen LogP contribution < -0.4 is 10.2 Å². The van der Waals surface area contributed by atoms with Crippen molar-refractivity contribution in [2.24, 2.45) is 5.41 Å². The van der Waals surface area contributed by atoms with Gasteiger partial charge in [0, 0.05) is 37.7 Å². The van der Waals surface area contributed by atoms with Crippen molar-refractivity contribution in [3.05, 3.63) is 60.4 Å². The number of benzene rings is 1. The summed E-state index contributed by atoms with van der Waals surface area (Å²) in [7, 11) is 0. The van der Waals surface area contributed by atoms with Gasteiger partial charge in [0.15, 0.2) is 0 Å². The zero-order valence-corrected chi connectivity index (χ0v) is 16.7. The number of rotatable bonds is 7. The minimum atomic E-state index is -0.745. The molecular formula is C22H27N3O4. The number of piperidine rings is 1. The predicted molar refractivity (Wildman–Crippen MR) is 109 cm³/mol. The standard InChI is InChI=1S/C22H27N3O4/c1-2-28-20(26)22(10-14-25(15-11-22)19-8-12-23-13-9-19)17-24-21(27)29-16-18-6-4-3-5-7-18/h3-9,12-13H,2,10-11,14-17H2,1H3,(H,24,27). The Balaban J connectivity index is 1.57. The molecule has 2 aromatic rings. The molecular weight excluding hydrogens is 370 g/mol. The van der Waals surface area contributed by atoms with Gasteiger partial charge in [-0.1, -0.05) is 30.3 Å². The Bertz CT molecular complexity index is 790. The van der Waals surface area contributed by atoms with Gasteiger partial charge >= 0.3 is 12.1 Å². The maximum absolute atomic E-state index is 12.7. The maximum atomic E-state index is 12.7. The van der Waals surface area contributed by atoms with Crippen LogP contribution in [0, 0.1) is 5.41 Å². The average Bonchev–Trinajstić information content (AvgIpc) is 2.78. The van der Waals surface area contributed by atoms with E-state index in [1.165, 1.54) is 0 Å². The molecule has 0 bridgehead atoms. The van der Waals surface area contributed by atoms with Crippen LogP contribution in [0.5, 0.6) is 0 Å². The number of ether oxygens (including phenoxy) is 2. The molecule has 0 aliphatic carbocycles. The number of hydrogen-bond donors (Lipinski definition) is 1. The van der Waals surface area contributed by atoms with Crippen LogP contribution in [0.4, 0.5) is 10.5 Å². The molecule has 7 nitrogen and oxygen atoms in total. The first-order chi connectivity index (χ1) is 14.1. The first-order valence-corrected chi connectivity index (χ1v) is 9.90. The van der Waals surface area contributed by atoms with E-state index in [2.05, 4.69) is 15.2 Å². The third kappa shape index (κ3) is 5.47. The van der Waals surface area contributed by atoms with E-state index in [1.54, 1.807) is 19.3 Å². The van der Waals surface area contributed by atoms with E-state index in [9.17, 15) is 9.59 Å². The molecule has 7 heteroatoms. The van der Waals surface area contributed by atoms with Crippen LogP contribution in [-0.2, 0) is 20.9 Å². The number of carbonyl (C=O) groups is 2. The molecule has 0 radical (unpaired) electrons. The number of nitrogens with zero attached hydrogens (tertiary/aromatic N) is 2. The zero-order valence-electron chi connectivity index (χ0n) is 16.7. The van der Waals surface area contributed by atoms with Gasteiger partial charge < -0.3 is 19.7 Å². The normalized spacial score (nSPS) is 15.4. The van der Waals surface area contributed by atoms with E-state index in [-0.39, 0.29) is 19.1 Å².